The van der Waals surface area contributed by atoms with E-state index in [0.717, 1.165) is 11.1 Å². The molecule has 0 saturated heterocycles. The predicted octanol–water partition coefficient (Wildman–Crippen LogP) is 3.74. The molecular formula is C26H22N2O3S. The van der Waals surface area contributed by atoms with Crippen molar-refractivity contribution in [1.29, 1.82) is 0 Å². The van der Waals surface area contributed by atoms with Crippen LogP contribution in [0.15, 0.2) is 93.9 Å². The lowest BCUT2D eigenvalue weighted by Crippen LogP contribution is -2.38. The van der Waals surface area contributed by atoms with Gasteiger partial charge in [-0.05, 0) is 24.1 Å². The molecule has 2 heterocycles. The lowest BCUT2D eigenvalue weighted by Gasteiger charge is -2.21. The van der Waals surface area contributed by atoms with E-state index in [4.69, 9.17) is 4.74 Å². The highest BCUT2D eigenvalue weighted by Crippen LogP contribution is 2.26. The summed E-state index contributed by atoms with van der Waals surface area (Å²) < 4.78 is 7.11. The number of allylic oxidation sites excluding steroid dienone is 3. The number of nitrogens with zero attached hydrogens (tertiary/aromatic N) is 2. The van der Waals surface area contributed by atoms with Crippen LogP contribution in [0.3, 0.4) is 0 Å². The third kappa shape index (κ3) is 4.45. The van der Waals surface area contributed by atoms with Crippen molar-refractivity contribution in [2.75, 3.05) is 7.11 Å². The monoisotopic (exact) mass is 442 g/mol. The van der Waals surface area contributed by atoms with Crippen LogP contribution in [0.4, 0.5) is 0 Å². The minimum absolute atomic E-state index is 0.192. The van der Waals surface area contributed by atoms with E-state index in [1.807, 2.05) is 85.0 Å². The van der Waals surface area contributed by atoms with Gasteiger partial charge in [0.05, 0.1) is 29.0 Å². The molecule has 0 amide bonds. The summed E-state index contributed by atoms with van der Waals surface area (Å²) in [5, 5.41) is 0. The Labute approximate surface area is 189 Å². The number of esters is 1. The Morgan fingerprint density at radius 3 is 2.28 bits per heavy atom. The molecule has 0 unspecified atom stereocenters. The Balaban J connectivity index is 1.80. The van der Waals surface area contributed by atoms with Gasteiger partial charge in [-0.3, -0.25) is 9.36 Å². The summed E-state index contributed by atoms with van der Waals surface area (Å²) in [5.74, 6) is -0.493. The first-order valence-corrected chi connectivity index (χ1v) is 11.0. The fourth-order valence-corrected chi connectivity index (χ4v) is 4.52. The van der Waals surface area contributed by atoms with Crippen molar-refractivity contribution in [2.45, 2.75) is 13.0 Å². The van der Waals surface area contributed by atoms with Gasteiger partial charge in [0.15, 0.2) is 4.80 Å². The Kier molecular flexibility index (Phi) is 6.42. The Morgan fingerprint density at radius 1 is 1.03 bits per heavy atom. The summed E-state index contributed by atoms with van der Waals surface area (Å²) in [7, 11) is 1.33. The number of carbonyl (C=O) groups is 1. The summed E-state index contributed by atoms with van der Waals surface area (Å²) in [5.41, 5.74) is 2.73. The molecule has 0 spiro atoms. The van der Waals surface area contributed by atoms with E-state index >= 15 is 0 Å². The second-order valence-corrected chi connectivity index (χ2v) is 8.19. The van der Waals surface area contributed by atoms with Crippen LogP contribution < -0.4 is 14.9 Å². The van der Waals surface area contributed by atoms with E-state index in [-0.39, 0.29) is 5.56 Å². The second kappa shape index (κ2) is 9.58. The van der Waals surface area contributed by atoms with E-state index < -0.39 is 12.0 Å². The summed E-state index contributed by atoms with van der Waals surface area (Å²) in [4.78, 5) is 30.9. The van der Waals surface area contributed by atoms with E-state index in [2.05, 4.69) is 4.99 Å². The number of benzene rings is 2. The zero-order chi connectivity index (χ0) is 22.5. The van der Waals surface area contributed by atoms with Crippen molar-refractivity contribution < 1.29 is 9.53 Å². The first kappa shape index (κ1) is 21.5. The van der Waals surface area contributed by atoms with Crippen LogP contribution in [0.25, 0.3) is 18.2 Å². The summed E-state index contributed by atoms with van der Waals surface area (Å²) in [6.07, 6.45) is 9.33. The number of aromatic nitrogens is 1. The van der Waals surface area contributed by atoms with Crippen molar-refractivity contribution in [2.24, 2.45) is 4.99 Å². The van der Waals surface area contributed by atoms with Crippen molar-refractivity contribution >= 4 is 35.5 Å². The van der Waals surface area contributed by atoms with Gasteiger partial charge in [-0.25, -0.2) is 9.79 Å². The van der Waals surface area contributed by atoms with E-state index in [9.17, 15) is 9.59 Å². The average molecular weight is 443 g/mol. The van der Waals surface area contributed by atoms with Crippen LogP contribution in [-0.4, -0.2) is 17.6 Å². The van der Waals surface area contributed by atoms with Gasteiger partial charge in [-0.15, -0.1) is 0 Å². The molecule has 1 aromatic heterocycles. The molecule has 6 heteroatoms. The fourth-order valence-electron chi connectivity index (χ4n) is 3.51. The number of thiazole rings is 1. The van der Waals surface area contributed by atoms with Gasteiger partial charge in [0.2, 0.25) is 0 Å². The third-order valence-electron chi connectivity index (χ3n) is 5.08. The van der Waals surface area contributed by atoms with Crippen molar-refractivity contribution in [3.63, 3.8) is 0 Å². The molecule has 0 saturated carbocycles. The van der Waals surface area contributed by atoms with Gasteiger partial charge >= 0.3 is 5.97 Å². The smallest absolute Gasteiger partial charge is 0.338 e. The highest BCUT2D eigenvalue weighted by Gasteiger charge is 2.29. The fraction of sp³-hybridized carbons (Fsp3) is 0.115. The molecule has 0 bridgehead atoms. The Hall–Kier alpha value is -3.77. The van der Waals surface area contributed by atoms with Gasteiger partial charge in [0.25, 0.3) is 5.56 Å². The second-order valence-electron chi connectivity index (χ2n) is 7.18. The Morgan fingerprint density at radius 2 is 1.66 bits per heavy atom. The zero-order valence-electron chi connectivity index (χ0n) is 17.8. The molecule has 5 nitrogen and oxygen atoms in total. The summed E-state index contributed by atoms with van der Waals surface area (Å²) in [6.45, 7) is 1.77. The molecule has 4 rings (SSSR count). The number of ether oxygens (including phenoxy) is 1. The van der Waals surface area contributed by atoms with Gasteiger partial charge in [0, 0.05) is 0 Å². The Bertz CT molecular complexity index is 1390. The van der Waals surface area contributed by atoms with Crippen LogP contribution in [0.1, 0.15) is 24.1 Å². The van der Waals surface area contributed by atoms with E-state index in [0.29, 0.717) is 20.6 Å². The number of rotatable bonds is 5. The maximum absolute atomic E-state index is 13.3. The molecule has 0 radical (unpaired) electrons. The van der Waals surface area contributed by atoms with E-state index in [1.54, 1.807) is 17.6 Å². The van der Waals surface area contributed by atoms with Crippen LogP contribution in [-0.2, 0) is 9.53 Å². The van der Waals surface area contributed by atoms with Crippen LogP contribution in [0.2, 0.25) is 0 Å². The lowest BCUT2D eigenvalue weighted by atomic mass is 10.0. The topological polar surface area (TPSA) is 60.7 Å². The lowest BCUT2D eigenvalue weighted by molar-refractivity contribution is -0.136. The van der Waals surface area contributed by atoms with E-state index in [1.165, 1.54) is 18.4 Å². The van der Waals surface area contributed by atoms with Gasteiger partial charge < -0.3 is 4.74 Å². The molecule has 1 aliphatic rings. The molecule has 32 heavy (non-hydrogen) atoms. The number of methoxy groups -OCH3 is 1. The highest BCUT2D eigenvalue weighted by atomic mass is 32.1. The normalized spacial score (nSPS) is 16.4. The SMILES string of the molecule is COC(=O)C1=C(C)N=c2s/c(=C\C=C\c3ccccc3)c(=O)n2[C@@H]1/C=C/c1ccccc1. The summed E-state index contributed by atoms with van der Waals surface area (Å²) >= 11 is 1.30. The van der Waals surface area contributed by atoms with Crippen molar-refractivity contribution in [3.05, 3.63) is 115 Å². The van der Waals surface area contributed by atoms with Gasteiger partial charge in [0.1, 0.15) is 0 Å². The molecule has 0 N–H and O–H groups in total. The van der Waals surface area contributed by atoms with Crippen molar-refractivity contribution in [1.82, 2.24) is 4.57 Å². The first-order chi connectivity index (χ1) is 15.6. The quantitative estimate of drug-likeness (QED) is 0.566. The molecule has 0 aliphatic carbocycles. The molecule has 1 aliphatic heterocycles. The molecule has 3 aromatic rings. The molecule has 160 valence electrons. The summed E-state index contributed by atoms with van der Waals surface area (Å²) in [6, 6.07) is 19.0. The largest absolute Gasteiger partial charge is 0.466 e. The maximum Gasteiger partial charge on any atom is 0.338 e. The molecule has 2 aromatic carbocycles. The minimum atomic E-state index is -0.598. The number of hydrogen-bond acceptors (Lipinski definition) is 5. The standard InChI is InChI=1S/C26H22N2O3S/c1-18-23(25(30)31-2)21(17-16-20-12-7-4-8-13-20)28-24(29)22(32-26(28)27-18)15-9-14-19-10-5-3-6-11-19/h3-17,21H,1-2H3/b14-9+,17-16+,22-15-/t21-/m1/s1. The molecule has 1 atom stereocenters. The van der Waals surface area contributed by atoms with Crippen molar-refractivity contribution in [3.8, 4) is 0 Å². The first-order valence-electron chi connectivity index (χ1n) is 10.1. The number of carbonyl (C=O) groups excluding carboxylic acids is 1. The zero-order valence-corrected chi connectivity index (χ0v) is 18.6. The molecule has 0 fully saturated rings. The average Bonchev–Trinajstić information content (AvgIpc) is 3.13. The minimum Gasteiger partial charge on any atom is -0.466 e. The van der Waals surface area contributed by atoms with Gasteiger partial charge in [-0.2, -0.15) is 0 Å². The maximum atomic E-state index is 13.3. The van der Waals surface area contributed by atoms with Gasteiger partial charge in [-0.1, -0.05) is 96.3 Å². The van der Waals surface area contributed by atoms with Crippen LogP contribution >= 0.6 is 11.3 Å². The van der Waals surface area contributed by atoms with Crippen LogP contribution in [0.5, 0.6) is 0 Å². The number of hydrogen-bond donors (Lipinski definition) is 0. The number of fused-ring (bicyclic) bond motifs is 1. The third-order valence-corrected chi connectivity index (χ3v) is 6.08. The highest BCUT2D eigenvalue weighted by molar-refractivity contribution is 7.07. The molecular weight excluding hydrogens is 420 g/mol. The van der Waals surface area contributed by atoms with Crippen LogP contribution in [0, 0.1) is 0 Å². The predicted molar refractivity (Wildman–Crippen MR) is 129 cm³/mol.